The van der Waals surface area contributed by atoms with Crippen molar-refractivity contribution in [1.29, 1.82) is 0 Å². The molecule has 0 fully saturated rings. The van der Waals surface area contributed by atoms with E-state index in [0.29, 0.717) is 23.2 Å². The summed E-state index contributed by atoms with van der Waals surface area (Å²) in [7, 11) is 0. The van der Waals surface area contributed by atoms with E-state index in [1.165, 1.54) is 12.1 Å². The number of carbonyl (C=O) groups is 2. The largest absolute Gasteiger partial charge is 0.454 e. The lowest BCUT2D eigenvalue weighted by Crippen LogP contribution is -2.23. The molecule has 0 unspecified atom stereocenters. The van der Waals surface area contributed by atoms with Crippen molar-refractivity contribution in [3.63, 3.8) is 0 Å². The Morgan fingerprint density at radius 1 is 1.00 bits per heavy atom. The van der Waals surface area contributed by atoms with Crippen molar-refractivity contribution in [1.82, 2.24) is 0 Å². The van der Waals surface area contributed by atoms with Crippen molar-refractivity contribution in [3.8, 4) is 0 Å². The summed E-state index contributed by atoms with van der Waals surface area (Å²) in [5, 5.41) is 2.83. The molecule has 5 heteroatoms. The molecular formula is C22H16FNO3. The summed E-state index contributed by atoms with van der Waals surface area (Å²) in [6.45, 7) is 0. The smallest absolute Gasteiger partial charge is 0.339 e. The molecule has 1 heterocycles. The van der Waals surface area contributed by atoms with Gasteiger partial charge in [-0.05, 0) is 53.6 Å². The Hall–Kier alpha value is -3.47. The zero-order valence-electron chi connectivity index (χ0n) is 14.3. The Bertz CT molecular complexity index is 1000. The Morgan fingerprint density at radius 3 is 2.48 bits per heavy atom. The first kappa shape index (κ1) is 17.0. The van der Waals surface area contributed by atoms with Crippen LogP contribution < -0.4 is 5.32 Å². The van der Waals surface area contributed by atoms with Crippen molar-refractivity contribution in [2.45, 2.75) is 12.5 Å². The quantitative estimate of drug-likeness (QED) is 0.697. The third-order valence-electron chi connectivity index (χ3n) is 4.52. The fourth-order valence-corrected chi connectivity index (χ4v) is 3.13. The van der Waals surface area contributed by atoms with Gasteiger partial charge in [-0.15, -0.1) is 0 Å². The fourth-order valence-electron chi connectivity index (χ4n) is 3.13. The molecule has 0 aliphatic carbocycles. The van der Waals surface area contributed by atoms with E-state index in [2.05, 4.69) is 5.32 Å². The van der Waals surface area contributed by atoms with Crippen molar-refractivity contribution in [2.24, 2.45) is 0 Å². The maximum Gasteiger partial charge on any atom is 0.339 e. The molecule has 1 amide bonds. The first-order chi connectivity index (χ1) is 13.1. The van der Waals surface area contributed by atoms with Gasteiger partial charge in [0.2, 0.25) is 0 Å². The van der Waals surface area contributed by atoms with Gasteiger partial charge in [-0.25, -0.2) is 9.18 Å². The minimum Gasteiger partial charge on any atom is -0.454 e. The second-order valence-electron chi connectivity index (χ2n) is 6.34. The van der Waals surface area contributed by atoms with Crippen LogP contribution in [0.3, 0.4) is 0 Å². The van der Waals surface area contributed by atoms with Gasteiger partial charge < -0.3 is 10.1 Å². The van der Waals surface area contributed by atoms with Crippen molar-refractivity contribution >= 4 is 17.6 Å². The third kappa shape index (κ3) is 3.58. The predicted octanol–water partition coefficient (Wildman–Crippen LogP) is 4.53. The number of cyclic esters (lactones) is 1. The van der Waals surface area contributed by atoms with Gasteiger partial charge in [-0.2, -0.15) is 0 Å². The molecule has 0 saturated heterocycles. The summed E-state index contributed by atoms with van der Waals surface area (Å²) in [5.74, 6) is -1.04. The molecule has 1 atom stereocenters. The number of rotatable bonds is 3. The first-order valence-corrected chi connectivity index (χ1v) is 8.56. The zero-order chi connectivity index (χ0) is 18.8. The van der Waals surface area contributed by atoms with Crippen molar-refractivity contribution in [3.05, 3.63) is 101 Å². The van der Waals surface area contributed by atoms with Crippen LogP contribution in [0, 0.1) is 5.82 Å². The Balaban J connectivity index is 1.59. The topological polar surface area (TPSA) is 55.4 Å². The van der Waals surface area contributed by atoms with E-state index in [4.69, 9.17) is 4.74 Å². The molecule has 0 aromatic heterocycles. The van der Waals surface area contributed by atoms with Gasteiger partial charge in [-0.3, -0.25) is 4.79 Å². The molecule has 0 bridgehead atoms. The predicted molar refractivity (Wildman–Crippen MR) is 99.1 cm³/mol. The number of carbonyl (C=O) groups excluding carboxylic acids is 2. The summed E-state index contributed by atoms with van der Waals surface area (Å²) >= 11 is 0. The van der Waals surface area contributed by atoms with E-state index in [0.717, 1.165) is 11.1 Å². The Morgan fingerprint density at radius 2 is 1.74 bits per heavy atom. The molecule has 1 N–H and O–H groups in total. The number of para-hydroxylation sites is 1. The highest BCUT2D eigenvalue weighted by molar-refractivity contribution is 6.05. The molecule has 3 aromatic carbocycles. The molecule has 27 heavy (non-hydrogen) atoms. The van der Waals surface area contributed by atoms with Crippen LogP contribution in [0.2, 0.25) is 0 Å². The molecule has 0 radical (unpaired) electrons. The number of esters is 1. The van der Waals surface area contributed by atoms with E-state index in [1.807, 2.05) is 18.2 Å². The lowest BCUT2D eigenvalue weighted by molar-refractivity contribution is 0.0252. The Kier molecular flexibility index (Phi) is 4.42. The van der Waals surface area contributed by atoms with E-state index in [-0.39, 0.29) is 11.7 Å². The van der Waals surface area contributed by atoms with Crippen LogP contribution in [-0.4, -0.2) is 11.9 Å². The van der Waals surface area contributed by atoms with Crippen LogP contribution in [-0.2, 0) is 11.2 Å². The molecular weight excluding hydrogens is 345 g/mol. The summed E-state index contributed by atoms with van der Waals surface area (Å²) in [6, 6.07) is 20.0. The normalized spacial score (nSPS) is 15.6. The number of fused-ring (bicyclic) bond motifs is 1. The molecule has 1 aliphatic rings. The number of halogens is 1. The molecule has 1 aliphatic heterocycles. The van der Waals surface area contributed by atoms with Gasteiger partial charge >= 0.3 is 5.97 Å². The zero-order valence-corrected chi connectivity index (χ0v) is 14.3. The molecule has 4 rings (SSSR count). The summed E-state index contributed by atoms with van der Waals surface area (Å²) < 4.78 is 18.6. The summed E-state index contributed by atoms with van der Waals surface area (Å²) in [5.41, 5.74) is 3.06. The highest BCUT2D eigenvalue weighted by Crippen LogP contribution is 2.31. The third-order valence-corrected chi connectivity index (χ3v) is 4.52. The summed E-state index contributed by atoms with van der Waals surface area (Å²) in [6.07, 6.45) is -0.0721. The van der Waals surface area contributed by atoms with Crippen LogP contribution in [0.4, 0.5) is 10.1 Å². The van der Waals surface area contributed by atoms with Gasteiger partial charge in [0.25, 0.3) is 5.91 Å². The van der Waals surface area contributed by atoms with E-state index >= 15 is 0 Å². The maximum absolute atomic E-state index is 13.1. The number of anilines is 1. The molecule has 4 nitrogen and oxygen atoms in total. The number of ether oxygens (including phenoxy) is 1. The molecule has 0 saturated carbocycles. The van der Waals surface area contributed by atoms with Crippen molar-refractivity contribution in [2.75, 3.05) is 5.32 Å². The van der Waals surface area contributed by atoms with Crippen molar-refractivity contribution < 1.29 is 18.7 Å². The minimum atomic E-state index is -0.502. The number of hydrogen-bond acceptors (Lipinski definition) is 3. The number of amides is 1. The fraction of sp³-hybridized carbons (Fsp3) is 0.0909. The monoisotopic (exact) mass is 361 g/mol. The highest BCUT2D eigenvalue weighted by atomic mass is 19.1. The molecule has 134 valence electrons. The molecule has 3 aromatic rings. The average molecular weight is 361 g/mol. The van der Waals surface area contributed by atoms with E-state index < -0.39 is 12.1 Å². The average Bonchev–Trinajstić information content (AvgIpc) is 2.69. The standard InChI is InChI=1S/C22H16FNO3/c23-17-9-6-14(7-10-17)20-13-16-12-15(8-11-19(16)22(26)27-20)21(25)24-18-4-2-1-3-5-18/h1-12,20H,13H2,(H,24,25)/t20-/m1/s1. The Labute approximate surface area is 155 Å². The number of nitrogens with one attached hydrogen (secondary N) is 1. The number of benzene rings is 3. The second kappa shape index (κ2) is 7.03. The number of hydrogen-bond donors (Lipinski definition) is 1. The van der Waals surface area contributed by atoms with Gasteiger partial charge in [-0.1, -0.05) is 30.3 Å². The minimum absolute atomic E-state index is 0.249. The summed E-state index contributed by atoms with van der Waals surface area (Å²) in [4.78, 5) is 24.8. The van der Waals surface area contributed by atoms with Gasteiger partial charge in [0.1, 0.15) is 11.9 Å². The lowest BCUT2D eigenvalue weighted by atomic mass is 9.93. The van der Waals surface area contributed by atoms with E-state index in [9.17, 15) is 14.0 Å². The van der Waals surface area contributed by atoms with Crippen LogP contribution in [0.25, 0.3) is 0 Å². The van der Waals surface area contributed by atoms with Crippen LogP contribution in [0.15, 0.2) is 72.8 Å². The van der Waals surface area contributed by atoms with Crippen LogP contribution in [0.1, 0.15) is 37.9 Å². The van der Waals surface area contributed by atoms with Gasteiger partial charge in [0.05, 0.1) is 5.56 Å². The van der Waals surface area contributed by atoms with Gasteiger partial charge in [0, 0.05) is 17.7 Å². The highest BCUT2D eigenvalue weighted by Gasteiger charge is 2.28. The van der Waals surface area contributed by atoms with E-state index in [1.54, 1.807) is 42.5 Å². The maximum atomic E-state index is 13.1. The SMILES string of the molecule is O=C(Nc1ccccc1)c1ccc2c(c1)C[C@H](c1ccc(F)cc1)OC2=O. The second-order valence-corrected chi connectivity index (χ2v) is 6.34. The molecule has 0 spiro atoms. The van der Waals surface area contributed by atoms with Crippen LogP contribution in [0.5, 0.6) is 0 Å². The van der Waals surface area contributed by atoms with Crippen LogP contribution >= 0.6 is 0 Å². The van der Waals surface area contributed by atoms with Gasteiger partial charge in [0.15, 0.2) is 0 Å². The first-order valence-electron chi connectivity index (χ1n) is 8.56. The lowest BCUT2D eigenvalue weighted by Gasteiger charge is -2.25.